The van der Waals surface area contributed by atoms with Gasteiger partial charge in [-0.15, -0.1) is 11.3 Å². The van der Waals surface area contributed by atoms with Gasteiger partial charge in [0.15, 0.2) is 4.90 Å². The summed E-state index contributed by atoms with van der Waals surface area (Å²) in [5, 5.41) is 5.75. The molecule has 0 aliphatic heterocycles. The van der Waals surface area contributed by atoms with Crippen LogP contribution in [-0.2, 0) is 11.2 Å². The monoisotopic (exact) mass is 415 g/mol. The quantitative estimate of drug-likeness (QED) is 0.352. The molecule has 4 rings (SSSR count). The van der Waals surface area contributed by atoms with Crippen LogP contribution in [-0.4, -0.2) is 15.8 Å². The number of thiazole rings is 1. The van der Waals surface area contributed by atoms with Gasteiger partial charge in [-0.05, 0) is 58.5 Å². The van der Waals surface area contributed by atoms with Gasteiger partial charge >= 0.3 is 0 Å². The molecule has 0 aliphatic carbocycles. The first-order chi connectivity index (χ1) is 12.6. The first-order valence-corrected chi connectivity index (χ1v) is 11.5. The Labute approximate surface area is 168 Å². The van der Waals surface area contributed by atoms with Gasteiger partial charge < -0.3 is 4.55 Å². The fourth-order valence-electron chi connectivity index (χ4n) is 2.66. The topological polar surface area (TPSA) is 36.0 Å². The third-order valence-electron chi connectivity index (χ3n) is 3.97. The molecule has 1 atom stereocenters. The Morgan fingerprint density at radius 2 is 1.77 bits per heavy atom. The van der Waals surface area contributed by atoms with Crippen molar-refractivity contribution >= 4 is 45.5 Å². The number of benzene rings is 2. The molecule has 6 heteroatoms. The molecule has 4 aromatic rings. The lowest BCUT2D eigenvalue weighted by Crippen LogP contribution is -1.96. The molecule has 26 heavy (non-hydrogen) atoms. The normalized spacial score (nSPS) is 12.3. The molecule has 0 bridgehead atoms. The van der Waals surface area contributed by atoms with Gasteiger partial charge in [0.1, 0.15) is 11.3 Å². The van der Waals surface area contributed by atoms with Gasteiger partial charge in [0.25, 0.3) is 0 Å². The standard InChI is InChI=1S/C20H14ClNOS3/c1-26(23)15-8-6-13(7-9-15)19-18(14-10-11-24-12-14)22-20(25-19)16-4-2-3-5-17(16)21/h2-12H,1H3. The Morgan fingerprint density at radius 3 is 2.42 bits per heavy atom. The second-order valence-corrected chi connectivity index (χ2v) is 9.23. The molecule has 0 spiro atoms. The zero-order chi connectivity index (χ0) is 18.1. The van der Waals surface area contributed by atoms with Gasteiger partial charge in [0.2, 0.25) is 0 Å². The van der Waals surface area contributed by atoms with E-state index >= 15 is 0 Å². The molecule has 130 valence electrons. The van der Waals surface area contributed by atoms with Crippen molar-refractivity contribution in [2.45, 2.75) is 4.90 Å². The van der Waals surface area contributed by atoms with Crippen molar-refractivity contribution in [3.63, 3.8) is 0 Å². The van der Waals surface area contributed by atoms with Gasteiger partial charge in [-0.2, -0.15) is 11.3 Å². The van der Waals surface area contributed by atoms with E-state index in [1.54, 1.807) is 28.9 Å². The number of thiophene rings is 1. The molecule has 0 fully saturated rings. The van der Waals surface area contributed by atoms with Crippen LogP contribution in [0.15, 0.2) is 70.3 Å². The molecule has 1 unspecified atom stereocenters. The van der Waals surface area contributed by atoms with Crippen molar-refractivity contribution in [2.75, 3.05) is 6.26 Å². The first kappa shape index (κ1) is 17.8. The van der Waals surface area contributed by atoms with E-state index in [9.17, 15) is 4.55 Å². The minimum atomic E-state index is -0.984. The highest BCUT2D eigenvalue weighted by atomic mass is 35.5. The number of hydrogen-bond acceptors (Lipinski definition) is 4. The van der Waals surface area contributed by atoms with E-state index in [2.05, 4.69) is 16.8 Å². The Balaban J connectivity index is 1.86. The van der Waals surface area contributed by atoms with Crippen molar-refractivity contribution in [3.05, 3.63) is 70.4 Å². The maximum absolute atomic E-state index is 11.7. The summed E-state index contributed by atoms with van der Waals surface area (Å²) in [7, 11) is 0. The molecule has 0 saturated carbocycles. The van der Waals surface area contributed by atoms with E-state index in [1.807, 2.05) is 48.5 Å². The largest absolute Gasteiger partial charge is 0.612 e. The molecular formula is C20H14ClNOS3. The number of halogens is 1. The van der Waals surface area contributed by atoms with Crippen LogP contribution >= 0.6 is 34.3 Å². The second kappa shape index (κ2) is 7.55. The summed E-state index contributed by atoms with van der Waals surface area (Å²) >= 11 is 8.67. The SMILES string of the molecule is C[S+]([O-])c1ccc(-c2sc(-c3ccccc3Cl)nc2-c2ccsc2)cc1. The predicted molar refractivity (Wildman–Crippen MR) is 114 cm³/mol. The number of rotatable bonds is 4. The van der Waals surface area contributed by atoms with Crippen LogP contribution in [0, 0.1) is 0 Å². The predicted octanol–water partition coefficient (Wildman–Crippen LogP) is 6.60. The lowest BCUT2D eigenvalue weighted by molar-refractivity contribution is 0.601. The molecule has 2 nitrogen and oxygen atoms in total. The fourth-order valence-corrected chi connectivity index (χ4v) is 5.23. The molecule has 0 amide bonds. The van der Waals surface area contributed by atoms with Crippen molar-refractivity contribution in [3.8, 4) is 32.3 Å². The van der Waals surface area contributed by atoms with Crippen molar-refractivity contribution in [1.29, 1.82) is 0 Å². The molecule has 2 heterocycles. The highest BCUT2D eigenvalue weighted by Gasteiger charge is 2.18. The molecule has 0 saturated heterocycles. The zero-order valence-corrected chi connectivity index (χ0v) is 17.0. The fraction of sp³-hybridized carbons (Fsp3) is 0.0500. The second-order valence-electron chi connectivity index (χ2n) is 5.67. The number of aromatic nitrogens is 1. The highest BCUT2D eigenvalue weighted by Crippen LogP contribution is 2.42. The van der Waals surface area contributed by atoms with Crippen LogP contribution in [0.1, 0.15) is 0 Å². The van der Waals surface area contributed by atoms with E-state index in [4.69, 9.17) is 16.6 Å². The van der Waals surface area contributed by atoms with E-state index in [-0.39, 0.29) is 0 Å². The number of hydrogen-bond donors (Lipinski definition) is 0. The van der Waals surface area contributed by atoms with Gasteiger partial charge in [0, 0.05) is 16.5 Å². The summed E-state index contributed by atoms with van der Waals surface area (Å²) in [5.41, 5.74) is 4.06. The minimum Gasteiger partial charge on any atom is -0.612 e. The average molecular weight is 416 g/mol. The highest BCUT2D eigenvalue weighted by molar-refractivity contribution is 7.90. The Morgan fingerprint density at radius 1 is 1.00 bits per heavy atom. The first-order valence-electron chi connectivity index (χ1n) is 7.85. The van der Waals surface area contributed by atoms with Crippen molar-refractivity contribution < 1.29 is 4.55 Å². The van der Waals surface area contributed by atoms with Crippen LogP contribution in [0.25, 0.3) is 32.3 Å². The maximum atomic E-state index is 11.7. The third-order valence-corrected chi connectivity index (χ3v) is 7.06. The molecule has 2 aromatic carbocycles. The maximum Gasteiger partial charge on any atom is 0.152 e. The molecule has 0 radical (unpaired) electrons. The lowest BCUT2D eigenvalue weighted by atomic mass is 10.1. The van der Waals surface area contributed by atoms with Crippen molar-refractivity contribution in [2.24, 2.45) is 0 Å². The van der Waals surface area contributed by atoms with Crippen LogP contribution in [0.2, 0.25) is 5.02 Å². The van der Waals surface area contributed by atoms with Crippen LogP contribution in [0.5, 0.6) is 0 Å². The summed E-state index contributed by atoms with van der Waals surface area (Å²) in [6, 6.07) is 17.7. The summed E-state index contributed by atoms with van der Waals surface area (Å²) < 4.78 is 11.7. The summed E-state index contributed by atoms with van der Waals surface area (Å²) in [6.45, 7) is 0. The van der Waals surface area contributed by atoms with E-state index in [0.29, 0.717) is 5.02 Å². The van der Waals surface area contributed by atoms with E-state index in [0.717, 1.165) is 37.2 Å². The van der Waals surface area contributed by atoms with Crippen LogP contribution < -0.4 is 0 Å². The summed E-state index contributed by atoms with van der Waals surface area (Å²) in [5.74, 6) is 0. The van der Waals surface area contributed by atoms with Gasteiger partial charge in [-0.25, -0.2) is 4.98 Å². The molecular weight excluding hydrogens is 402 g/mol. The average Bonchev–Trinajstić information content (AvgIpc) is 3.32. The third kappa shape index (κ3) is 3.46. The Hall–Kier alpha value is -1.63. The molecule has 0 N–H and O–H groups in total. The van der Waals surface area contributed by atoms with Crippen molar-refractivity contribution in [1.82, 2.24) is 4.98 Å². The van der Waals surface area contributed by atoms with Gasteiger partial charge in [-0.3, -0.25) is 0 Å². The van der Waals surface area contributed by atoms with E-state index in [1.165, 1.54) is 0 Å². The van der Waals surface area contributed by atoms with E-state index < -0.39 is 11.2 Å². The minimum absolute atomic E-state index is 0.696. The van der Waals surface area contributed by atoms with Gasteiger partial charge in [0.05, 0.1) is 15.6 Å². The summed E-state index contributed by atoms with van der Waals surface area (Å²) in [6.07, 6.45) is 1.69. The van der Waals surface area contributed by atoms with Gasteiger partial charge in [-0.1, -0.05) is 29.8 Å². The number of nitrogens with zero attached hydrogens (tertiary/aromatic N) is 1. The van der Waals surface area contributed by atoms with Crippen LogP contribution in [0.3, 0.4) is 0 Å². The summed E-state index contributed by atoms with van der Waals surface area (Å²) in [4.78, 5) is 6.81. The Bertz CT molecular complexity index is 1020. The van der Waals surface area contributed by atoms with Crippen LogP contribution in [0.4, 0.5) is 0 Å². The smallest absolute Gasteiger partial charge is 0.152 e. The Kier molecular flexibility index (Phi) is 5.16. The molecule has 0 aliphatic rings. The zero-order valence-electron chi connectivity index (χ0n) is 13.8. The lowest BCUT2D eigenvalue weighted by Gasteiger charge is -2.05. The molecule has 2 aromatic heterocycles.